The van der Waals surface area contributed by atoms with Crippen LogP contribution in [0.5, 0.6) is 5.75 Å². The molecule has 2 aromatic rings. The van der Waals surface area contributed by atoms with E-state index in [2.05, 4.69) is 10.1 Å². The standard InChI is InChI=1S/C22H18Cl2N4O2S/c1-12(2)21-27-28-19(25)16(20(29)26-22(28)31-21)9-13-5-3-4-6-18(13)30-11-14-7-8-15(23)10-17(14)24/h3-10,12,25H,11H2,1-2H3/b16-9+,25-19?. The quantitative estimate of drug-likeness (QED) is 0.553. The summed E-state index contributed by atoms with van der Waals surface area (Å²) in [5.74, 6) is 0.259. The summed E-state index contributed by atoms with van der Waals surface area (Å²) in [7, 11) is 0. The minimum Gasteiger partial charge on any atom is -0.488 e. The molecule has 2 aromatic carbocycles. The first kappa shape index (κ1) is 21.6. The van der Waals surface area contributed by atoms with E-state index in [9.17, 15) is 4.79 Å². The van der Waals surface area contributed by atoms with Crippen LogP contribution in [0.2, 0.25) is 10.0 Å². The molecule has 6 nitrogen and oxygen atoms in total. The molecular formula is C22H18Cl2N4O2S. The van der Waals surface area contributed by atoms with E-state index in [1.165, 1.54) is 16.8 Å². The Bertz CT molecular complexity index is 1170. The Hall–Kier alpha value is -2.61. The third-order valence-corrected chi connectivity index (χ3v) is 6.38. The van der Waals surface area contributed by atoms with Gasteiger partial charge < -0.3 is 4.74 Å². The number of para-hydroxylation sites is 1. The summed E-state index contributed by atoms with van der Waals surface area (Å²) in [6, 6.07) is 12.5. The van der Waals surface area contributed by atoms with Crippen molar-refractivity contribution in [2.45, 2.75) is 20.5 Å². The molecule has 4 rings (SSSR count). The smallest absolute Gasteiger partial charge is 0.283 e. The zero-order chi connectivity index (χ0) is 22.1. The maximum Gasteiger partial charge on any atom is 0.283 e. The Balaban J connectivity index is 1.61. The van der Waals surface area contributed by atoms with Crippen LogP contribution in [0.3, 0.4) is 0 Å². The summed E-state index contributed by atoms with van der Waals surface area (Å²) in [6.45, 7) is 4.25. The van der Waals surface area contributed by atoms with Crippen molar-refractivity contribution in [2.24, 2.45) is 16.0 Å². The normalized spacial score (nSPS) is 17.2. The number of amidine groups is 2. The number of hydrogen-bond donors (Lipinski definition) is 1. The number of amides is 1. The number of benzene rings is 2. The number of carbonyl (C=O) groups excluding carboxylic acids is 1. The van der Waals surface area contributed by atoms with Crippen molar-refractivity contribution >= 4 is 63.0 Å². The molecule has 0 aromatic heterocycles. The fourth-order valence-corrected chi connectivity index (χ4v) is 4.28. The van der Waals surface area contributed by atoms with Gasteiger partial charge in [-0.15, -0.1) is 0 Å². The Labute approximate surface area is 194 Å². The first-order valence-electron chi connectivity index (χ1n) is 9.49. The topological polar surface area (TPSA) is 78.1 Å². The number of thioether (sulfide) groups is 1. The molecule has 158 valence electrons. The number of hydrazone groups is 1. The average Bonchev–Trinajstić information content (AvgIpc) is 3.16. The minimum absolute atomic E-state index is 0.00583. The predicted octanol–water partition coefficient (Wildman–Crippen LogP) is 5.85. The molecule has 0 saturated heterocycles. The molecule has 0 atom stereocenters. The van der Waals surface area contributed by atoms with Gasteiger partial charge in [0.2, 0.25) is 5.17 Å². The van der Waals surface area contributed by atoms with Crippen LogP contribution in [0.1, 0.15) is 25.0 Å². The summed E-state index contributed by atoms with van der Waals surface area (Å²) in [6.07, 6.45) is 1.61. The first-order chi connectivity index (χ1) is 14.8. The van der Waals surface area contributed by atoms with Gasteiger partial charge in [0.15, 0.2) is 5.84 Å². The molecule has 1 amide bonds. The van der Waals surface area contributed by atoms with Crippen LogP contribution >= 0.6 is 35.0 Å². The van der Waals surface area contributed by atoms with E-state index in [1.807, 2.05) is 32.0 Å². The molecule has 0 saturated carbocycles. The van der Waals surface area contributed by atoms with Crippen LogP contribution in [-0.4, -0.2) is 27.0 Å². The van der Waals surface area contributed by atoms with E-state index in [4.69, 9.17) is 33.3 Å². The monoisotopic (exact) mass is 472 g/mol. The highest BCUT2D eigenvalue weighted by Crippen LogP contribution is 2.32. The van der Waals surface area contributed by atoms with Crippen molar-refractivity contribution in [3.05, 3.63) is 69.2 Å². The van der Waals surface area contributed by atoms with Gasteiger partial charge in [-0.1, -0.05) is 61.3 Å². The third-order valence-electron chi connectivity index (χ3n) is 4.58. The fourth-order valence-electron chi connectivity index (χ4n) is 2.92. The first-order valence-corrected chi connectivity index (χ1v) is 11.1. The van der Waals surface area contributed by atoms with Gasteiger partial charge >= 0.3 is 0 Å². The van der Waals surface area contributed by atoms with Crippen LogP contribution in [0.25, 0.3) is 6.08 Å². The van der Waals surface area contributed by atoms with E-state index in [-0.39, 0.29) is 23.9 Å². The summed E-state index contributed by atoms with van der Waals surface area (Å²) < 4.78 is 5.96. The van der Waals surface area contributed by atoms with Crippen molar-refractivity contribution in [1.29, 1.82) is 5.41 Å². The molecule has 0 radical (unpaired) electrons. The van der Waals surface area contributed by atoms with Gasteiger partial charge in [0.25, 0.3) is 5.91 Å². The largest absolute Gasteiger partial charge is 0.488 e. The highest BCUT2D eigenvalue weighted by Gasteiger charge is 2.36. The van der Waals surface area contributed by atoms with Gasteiger partial charge in [0.1, 0.15) is 17.4 Å². The Morgan fingerprint density at radius 3 is 2.74 bits per heavy atom. The van der Waals surface area contributed by atoms with E-state index < -0.39 is 5.91 Å². The van der Waals surface area contributed by atoms with Crippen molar-refractivity contribution < 1.29 is 9.53 Å². The molecule has 0 aliphatic carbocycles. The van der Waals surface area contributed by atoms with Crippen LogP contribution in [0.15, 0.2) is 58.1 Å². The van der Waals surface area contributed by atoms with Gasteiger partial charge in [0.05, 0.1) is 5.57 Å². The minimum atomic E-state index is -0.473. The number of nitrogens with one attached hydrogen (secondary N) is 1. The number of aliphatic imine (C=N–C) groups is 1. The molecule has 0 fully saturated rings. The molecular weight excluding hydrogens is 455 g/mol. The van der Waals surface area contributed by atoms with Crippen LogP contribution in [0, 0.1) is 11.3 Å². The summed E-state index contributed by atoms with van der Waals surface area (Å²) in [5.41, 5.74) is 1.59. The lowest BCUT2D eigenvalue weighted by atomic mass is 10.1. The van der Waals surface area contributed by atoms with Gasteiger partial charge in [-0.2, -0.15) is 15.1 Å². The fraction of sp³-hybridized carbons (Fsp3) is 0.182. The Morgan fingerprint density at radius 2 is 2.00 bits per heavy atom. The van der Waals surface area contributed by atoms with Crippen molar-refractivity contribution in [2.75, 3.05) is 0 Å². The second-order valence-corrected chi connectivity index (χ2v) is 9.01. The number of fused-ring (bicyclic) bond motifs is 1. The Kier molecular flexibility index (Phi) is 6.18. The molecule has 31 heavy (non-hydrogen) atoms. The zero-order valence-corrected chi connectivity index (χ0v) is 19.1. The third kappa shape index (κ3) is 4.54. The molecule has 0 unspecified atom stereocenters. The number of nitrogens with zero attached hydrogens (tertiary/aromatic N) is 3. The van der Waals surface area contributed by atoms with Gasteiger partial charge in [-0.25, -0.2) is 0 Å². The molecule has 0 spiro atoms. The second-order valence-electron chi connectivity index (χ2n) is 7.18. The number of halogens is 2. The highest BCUT2D eigenvalue weighted by molar-refractivity contribution is 8.27. The predicted molar refractivity (Wildman–Crippen MR) is 127 cm³/mol. The molecule has 2 heterocycles. The maximum absolute atomic E-state index is 12.6. The average molecular weight is 473 g/mol. The van der Waals surface area contributed by atoms with E-state index in [0.29, 0.717) is 26.5 Å². The van der Waals surface area contributed by atoms with Crippen molar-refractivity contribution in [3.63, 3.8) is 0 Å². The van der Waals surface area contributed by atoms with Crippen LogP contribution < -0.4 is 4.74 Å². The van der Waals surface area contributed by atoms with Gasteiger partial charge in [-0.3, -0.25) is 10.2 Å². The van der Waals surface area contributed by atoms with E-state index in [1.54, 1.807) is 30.3 Å². The Morgan fingerprint density at radius 1 is 1.23 bits per heavy atom. The highest BCUT2D eigenvalue weighted by atomic mass is 35.5. The van der Waals surface area contributed by atoms with Crippen molar-refractivity contribution in [3.8, 4) is 5.75 Å². The summed E-state index contributed by atoms with van der Waals surface area (Å²) >= 11 is 13.5. The molecule has 2 aliphatic rings. The lowest BCUT2D eigenvalue weighted by Crippen LogP contribution is -2.35. The molecule has 9 heteroatoms. The number of rotatable bonds is 5. The van der Waals surface area contributed by atoms with Crippen LogP contribution in [-0.2, 0) is 11.4 Å². The number of carbonyl (C=O) groups is 1. The number of ether oxygens (including phenoxy) is 1. The molecule has 2 aliphatic heterocycles. The number of hydrogen-bond acceptors (Lipinski definition) is 5. The lowest BCUT2D eigenvalue weighted by Gasteiger charge is -2.20. The van der Waals surface area contributed by atoms with Gasteiger partial charge in [-0.05, 0) is 36.0 Å². The van der Waals surface area contributed by atoms with Crippen LogP contribution in [0.4, 0.5) is 0 Å². The van der Waals surface area contributed by atoms with Crippen molar-refractivity contribution in [1.82, 2.24) is 5.01 Å². The SMILES string of the molecule is CC(C)C1=NN2C(=N)/C(=C\c3ccccc3OCc3ccc(Cl)cc3Cl)C(=O)N=C2S1. The summed E-state index contributed by atoms with van der Waals surface area (Å²) in [4.78, 5) is 16.8. The molecule has 1 N–H and O–H groups in total. The maximum atomic E-state index is 12.6. The second kappa shape index (κ2) is 8.86. The lowest BCUT2D eigenvalue weighted by molar-refractivity contribution is -0.114. The van der Waals surface area contributed by atoms with E-state index in [0.717, 1.165) is 10.6 Å². The zero-order valence-electron chi connectivity index (χ0n) is 16.7. The van der Waals surface area contributed by atoms with E-state index >= 15 is 0 Å². The van der Waals surface area contributed by atoms with Gasteiger partial charge in [0, 0.05) is 27.1 Å². The summed E-state index contributed by atoms with van der Waals surface area (Å²) in [5, 5.41) is 16.7. The molecule has 0 bridgehead atoms.